The highest BCUT2D eigenvalue weighted by molar-refractivity contribution is 6.70. The monoisotopic (exact) mass is 343 g/mol. The van der Waals surface area contributed by atoms with E-state index in [1.165, 1.54) is 19.1 Å². The molecule has 19 heavy (non-hydrogen) atoms. The number of hydrogen-bond donors (Lipinski definition) is 1. The predicted octanol–water partition coefficient (Wildman–Crippen LogP) is 3.28. The second-order valence-corrected chi connectivity index (χ2v) is 6.27. The molecule has 8 heteroatoms. The Morgan fingerprint density at radius 3 is 2.37 bits per heavy atom. The van der Waals surface area contributed by atoms with Gasteiger partial charge in [0.05, 0.1) is 5.56 Å². The van der Waals surface area contributed by atoms with Crippen LogP contribution >= 0.6 is 46.4 Å². The van der Waals surface area contributed by atoms with E-state index in [0.29, 0.717) is 0 Å². The number of carbonyl (C=O) groups is 2. The number of amides is 1. The first-order valence-corrected chi connectivity index (χ1v) is 6.58. The number of esters is 1. The van der Waals surface area contributed by atoms with Crippen LogP contribution in [0.1, 0.15) is 17.3 Å². The molecule has 0 radical (unpaired) electrons. The molecule has 0 heterocycles. The number of ether oxygens (including phenoxy) is 1. The minimum absolute atomic E-state index is 0.0979. The molecule has 0 aliphatic heterocycles. The maximum Gasteiger partial charge on any atom is 0.308 e. The second-order valence-electron chi connectivity index (χ2n) is 3.47. The Hall–Kier alpha value is -0.680. The molecule has 0 aliphatic carbocycles. The van der Waals surface area contributed by atoms with Gasteiger partial charge in [-0.05, 0) is 12.1 Å². The molecule has 1 atom stereocenters. The van der Waals surface area contributed by atoms with Gasteiger partial charge >= 0.3 is 5.97 Å². The maximum absolute atomic E-state index is 11.9. The van der Waals surface area contributed by atoms with Gasteiger partial charge in [0, 0.05) is 6.92 Å². The van der Waals surface area contributed by atoms with Crippen LogP contribution in [0.3, 0.4) is 0 Å². The lowest BCUT2D eigenvalue weighted by Crippen LogP contribution is -2.39. The molecule has 1 rings (SSSR count). The zero-order valence-corrected chi connectivity index (χ0v) is 12.6. The predicted molar refractivity (Wildman–Crippen MR) is 75.1 cm³/mol. The molecule has 0 fully saturated rings. The zero-order valence-electron chi connectivity index (χ0n) is 9.62. The van der Waals surface area contributed by atoms with Crippen molar-refractivity contribution in [1.29, 1.82) is 0 Å². The summed E-state index contributed by atoms with van der Waals surface area (Å²) in [5.41, 5.74) is -1.12. The van der Waals surface area contributed by atoms with Crippen LogP contribution in [0, 0.1) is 0 Å². The van der Waals surface area contributed by atoms with E-state index in [9.17, 15) is 9.59 Å². The van der Waals surface area contributed by atoms with E-state index in [1.54, 1.807) is 12.1 Å². The van der Waals surface area contributed by atoms with Crippen LogP contribution in [0.25, 0.3) is 0 Å². The normalized spacial score (nSPS) is 12.7. The lowest BCUT2D eigenvalue weighted by Gasteiger charge is -2.19. The van der Waals surface area contributed by atoms with Gasteiger partial charge in [0.25, 0.3) is 5.91 Å². The Kier molecular flexibility index (Phi) is 5.74. The molecule has 0 spiro atoms. The van der Waals surface area contributed by atoms with E-state index in [4.69, 9.17) is 51.1 Å². The number of carbonyl (C=O) groups excluding carboxylic acids is 2. The van der Waals surface area contributed by atoms with Crippen molar-refractivity contribution >= 4 is 58.3 Å². The van der Waals surface area contributed by atoms with Gasteiger partial charge < -0.3 is 10.1 Å². The van der Waals surface area contributed by atoms with E-state index in [-0.39, 0.29) is 11.3 Å². The number of alkyl halides is 4. The highest BCUT2D eigenvalue weighted by Crippen LogP contribution is 2.32. The number of halogens is 4. The fourth-order valence-corrected chi connectivity index (χ4v) is 1.44. The molecule has 104 valence electrons. The van der Waals surface area contributed by atoms with Gasteiger partial charge in [-0.1, -0.05) is 58.5 Å². The van der Waals surface area contributed by atoms with Crippen molar-refractivity contribution in [2.45, 2.75) is 16.2 Å². The third-order valence-corrected chi connectivity index (χ3v) is 3.36. The van der Waals surface area contributed by atoms with Crippen LogP contribution in [0.2, 0.25) is 0 Å². The van der Waals surface area contributed by atoms with Crippen molar-refractivity contribution < 1.29 is 14.3 Å². The van der Waals surface area contributed by atoms with Crippen molar-refractivity contribution in [3.63, 3.8) is 0 Å². The first-order chi connectivity index (χ1) is 8.71. The van der Waals surface area contributed by atoms with Crippen molar-refractivity contribution in [2.75, 3.05) is 0 Å². The molecule has 4 nitrogen and oxygen atoms in total. The van der Waals surface area contributed by atoms with E-state index in [1.807, 2.05) is 0 Å². The largest absolute Gasteiger partial charge is 0.426 e. The van der Waals surface area contributed by atoms with Crippen LogP contribution in [-0.4, -0.2) is 21.2 Å². The average Bonchev–Trinajstić information content (AvgIpc) is 2.27. The number of para-hydroxylation sites is 1. The molecule has 0 saturated heterocycles. The zero-order chi connectivity index (χ0) is 14.6. The fourth-order valence-electron chi connectivity index (χ4n) is 1.17. The number of nitrogens with one attached hydrogen (secondary N) is 1. The quantitative estimate of drug-likeness (QED) is 0.396. The van der Waals surface area contributed by atoms with Crippen LogP contribution < -0.4 is 10.1 Å². The molecule has 0 aliphatic rings. The van der Waals surface area contributed by atoms with Gasteiger partial charge in [-0.3, -0.25) is 9.59 Å². The Labute approximate surface area is 129 Å². The molecule has 0 aromatic heterocycles. The van der Waals surface area contributed by atoms with Crippen LogP contribution in [-0.2, 0) is 4.79 Å². The number of rotatable bonds is 3. The minimum Gasteiger partial charge on any atom is -0.426 e. The third kappa shape index (κ3) is 5.07. The lowest BCUT2D eigenvalue weighted by atomic mass is 10.2. The molecular formula is C11H9Cl4NO3. The molecule has 1 unspecified atom stereocenters. The van der Waals surface area contributed by atoms with Crippen LogP contribution in [0.4, 0.5) is 0 Å². The van der Waals surface area contributed by atoms with E-state index in [0.717, 1.165) is 0 Å². The molecule has 1 N–H and O–H groups in total. The number of hydrogen-bond acceptors (Lipinski definition) is 3. The molecule has 0 saturated carbocycles. The van der Waals surface area contributed by atoms with Crippen LogP contribution in [0.15, 0.2) is 24.3 Å². The van der Waals surface area contributed by atoms with Gasteiger partial charge in [0.2, 0.25) is 3.79 Å². The molecule has 0 bridgehead atoms. The Morgan fingerprint density at radius 1 is 1.26 bits per heavy atom. The van der Waals surface area contributed by atoms with Gasteiger partial charge in [-0.25, -0.2) is 0 Å². The maximum atomic E-state index is 11.9. The summed E-state index contributed by atoms with van der Waals surface area (Å²) in [5, 5.41) is 2.29. The minimum atomic E-state index is -1.85. The molecule has 1 aromatic carbocycles. The molecular weight excluding hydrogens is 336 g/mol. The van der Waals surface area contributed by atoms with Gasteiger partial charge in [-0.2, -0.15) is 0 Å². The summed E-state index contributed by atoms with van der Waals surface area (Å²) in [6.07, 6.45) is 0. The van der Waals surface area contributed by atoms with Gasteiger partial charge in [0.15, 0.2) is 5.50 Å². The van der Waals surface area contributed by atoms with Gasteiger partial charge in [0.1, 0.15) is 5.75 Å². The number of benzene rings is 1. The summed E-state index contributed by atoms with van der Waals surface area (Å²) < 4.78 is 3.04. The van der Waals surface area contributed by atoms with Crippen molar-refractivity contribution in [2.24, 2.45) is 0 Å². The third-order valence-electron chi connectivity index (χ3n) is 1.93. The SMILES string of the molecule is CC(=O)Oc1ccccc1C(=O)NC(Cl)C(Cl)(Cl)Cl. The summed E-state index contributed by atoms with van der Waals surface area (Å²) in [6.45, 7) is 1.22. The summed E-state index contributed by atoms with van der Waals surface area (Å²) >= 11 is 22.3. The summed E-state index contributed by atoms with van der Waals surface area (Å²) in [6, 6.07) is 6.13. The smallest absolute Gasteiger partial charge is 0.308 e. The highest BCUT2D eigenvalue weighted by atomic mass is 35.6. The van der Waals surface area contributed by atoms with Crippen molar-refractivity contribution in [1.82, 2.24) is 5.32 Å². The average molecular weight is 345 g/mol. The van der Waals surface area contributed by atoms with Crippen LogP contribution in [0.5, 0.6) is 5.75 Å². The summed E-state index contributed by atoms with van der Waals surface area (Å²) in [7, 11) is 0. The van der Waals surface area contributed by atoms with Crippen molar-refractivity contribution in [3.05, 3.63) is 29.8 Å². The Bertz CT molecular complexity index is 487. The van der Waals surface area contributed by atoms with E-state index in [2.05, 4.69) is 5.32 Å². The Balaban J connectivity index is 2.91. The summed E-state index contributed by atoms with van der Waals surface area (Å²) in [4.78, 5) is 22.9. The molecule has 1 amide bonds. The summed E-state index contributed by atoms with van der Waals surface area (Å²) in [5.74, 6) is -1.08. The standard InChI is InChI=1S/C11H9Cl4NO3/c1-6(17)19-8-5-3-2-4-7(8)9(18)16-10(12)11(13,14)15/h2-5,10H,1H3,(H,16,18). The molecule has 1 aromatic rings. The highest BCUT2D eigenvalue weighted by Gasteiger charge is 2.32. The van der Waals surface area contributed by atoms with E-state index >= 15 is 0 Å². The fraction of sp³-hybridized carbons (Fsp3) is 0.273. The first-order valence-electron chi connectivity index (χ1n) is 5.01. The first kappa shape index (κ1) is 16.4. The van der Waals surface area contributed by atoms with Crippen molar-refractivity contribution in [3.8, 4) is 5.75 Å². The van der Waals surface area contributed by atoms with E-state index < -0.39 is 21.2 Å². The second kappa shape index (κ2) is 6.66. The Morgan fingerprint density at radius 2 is 1.84 bits per heavy atom. The topological polar surface area (TPSA) is 55.4 Å². The lowest BCUT2D eigenvalue weighted by molar-refractivity contribution is -0.131. The van der Waals surface area contributed by atoms with Gasteiger partial charge in [-0.15, -0.1) is 0 Å².